The zero-order valence-corrected chi connectivity index (χ0v) is 18.1. The van der Waals surface area contributed by atoms with Gasteiger partial charge < -0.3 is 16.0 Å². The average molecular weight is 388 g/mol. The predicted octanol–water partition coefficient (Wildman–Crippen LogP) is 3.21. The van der Waals surface area contributed by atoms with E-state index >= 15 is 0 Å². The van der Waals surface area contributed by atoms with Crippen LogP contribution in [0.25, 0.3) is 0 Å². The van der Waals surface area contributed by atoms with E-state index < -0.39 is 0 Å². The molecule has 3 N–H and O–H groups in total. The number of aliphatic imine (C=N–C) groups is 1. The van der Waals surface area contributed by atoms with Crippen LogP contribution in [-0.2, 0) is 11.3 Å². The molecule has 0 bridgehead atoms. The summed E-state index contributed by atoms with van der Waals surface area (Å²) < 4.78 is 0. The number of carbonyl (C=O) groups excluding carboxylic acids is 1. The lowest BCUT2D eigenvalue weighted by Crippen LogP contribution is -2.54. The zero-order valence-electron chi connectivity index (χ0n) is 18.1. The number of hydrogen-bond acceptors (Lipinski definition) is 3. The van der Waals surface area contributed by atoms with Gasteiger partial charge in [-0.1, -0.05) is 32.4 Å². The van der Waals surface area contributed by atoms with Crippen molar-refractivity contribution < 1.29 is 4.79 Å². The number of hydrogen-bond donors (Lipinski definition) is 3. The quantitative estimate of drug-likeness (QED) is 0.496. The summed E-state index contributed by atoms with van der Waals surface area (Å²) >= 11 is 0. The lowest BCUT2D eigenvalue weighted by atomic mass is 9.98. The van der Waals surface area contributed by atoms with Crippen molar-refractivity contribution in [1.82, 2.24) is 15.5 Å². The van der Waals surface area contributed by atoms with Gasteiger partial charge in [0.1, 0.15) is 0 Å². The Balaban J connectivity index is 1.80. The van der Waals surface area contributed by atoms with Crippen LogP contribution < -0.4 is 16.0 Å². The molecule has 0 unspecified atom stereocenters. The summed E-state index contributed by atoms with van der Waals surface area (Å²) in [6.07, 6.45) is 3.94. The van der Waals surface area contributed by atoms with Crippen LogP contribution in [0, 0.1) is 5.92 Å². The fourth-order valence-corrected chi connectivity index (χ4v) is 3.31. The Hall–Kier alpha value is -2.08. The Labute approximate surface area is 170 Å². The molecule has 0 spiro atoms. The van der Waals surface area contributed by atoms with Crippen molar-refractivity contribution in [2.45, 2.75) is 59.0 Å². The zero-order chi connectivity index (χ0) is 20.6. The van der Waals surface area contributed by atoms with Crippen LogP contribution in [-0.4, -0.2) is 49.0 Å². The number of anilines is 1. The molecule has 156 valence electrons. The Morgan fingerprint density at radius 3 is 2.32 bits per heavy atom. The van der Waals surface area contributed by atoms with E-state index in [1.54, 1.807) is 7.05 Å². The topological polar surface area (TPSA) is 68.8 Å². The van der Waals surface area contributed by atoms with E-state index in [9.17, 15) is 4.79 Å². The van der Waals surface area contributed by atoms with E-state index in [-0.39, 0.29) is 17.4 Å². The molecule has 0 radical (unpaired) electrons. The molecule has 28 heavy (non-hydrogen) atoms. The van der Waals surface area contributed by atoms with Crippen molar-refractivity contribution in [3.8, 4) is 0 Å². The average Bonchev–Trinajstić information content (AvgIpc) is 2.69. The maximum absolute atomic E-state index is 11.8. The summed E-state index contributed by atoms with van der Waals surface area (Å²) in [6, 6.07) is 7.92. The molecule has 1 aliphatic rings. The summed E-state index contributed by atoms with van der Waals surface area (Å²) in [4.78, 5) is 18.7. The molecule has 0 aromatic heterocycles. The maximum Gasteiger partial charge on any atom is 0.226 e. The molecule has 6 nitrogen and oxygen atoms in total. The van der Waals surface area contributed by atoms with E-state index in [0.29, 0.717) is 6.54 Å². The lowest BCUT2D eigenvalue weighted by molar-refractivity contribution is -0.118. The molecule has 1 aliphatic heterocycles. The Morgan fingerprint density at radius 1 is 1.11 bits per heavy atom. The molecular formula is C22H37N5O. The first-order chi connectivity index (χ1) is 13.3. The molecule has 0 atom stereocenters. The summed E-state index contributed by atoms with van der Waals surface area (Å²) in [7, 11) is 1.80. The molecule has 1 amide bonds. The van der Waals surface area contributed by atoms with E-state index in [1.807, 2.05) is 38.1 Å². The van der Waals surface area contributed by atoms with E-state index in [4.69, 9.17) is 0 Å². The maximum atomic E-state index is 11.8. The third-order valence-corrected chi connectivity index (χ3v) is 5.33. The van der Waals surface area contributed by atoms with Crippen LogP contribution in [0.4, 0.5) is 5.69 Å². The molecule has 1 aromatic carbocycles. The fraction of sp³-hybridized carbons (Fsp3) is 0.636. The highest BCUT2D eigenvalue weighted by atomic mass is 16.1. The Morgan fingerprint density at radius 2 is 1.75 bits per heavy atom. The normalized spacial score (nSPS) is 16.1. The molecule has 2 rings (SSSR count). The second-order valence-corrected chi connectivity index (χ2v) is 8.48. The first-order valence-corrected chi connectivity index (χ1v) is 10.4. The van der Waals surface area contributed by atoms with Gasteiger partial charge in [0.05, 0.1) is 0 Å². The molecular weight excluding hydrogens is 350 g/mol. The largest absolute Gasteiger partial charge is 0.355 e. The first kappa shape index (κ1) is 22.2. The van der Waals surface area contributed by atoms with Gasteiger partial charge in [-0.3, -0.25) is 14.7 Å². The van der Waals surface area contributed by atoms with E-state index in [0.717, 1.165) is 23.8 Å². The highest BCUT2D eigenvalue weighted by Gasteiger charge is 2.27. The summed E-state index contributed by atoms with van der Waals surface area (Å²) in [5, 5.41) is 9.75. The number of amides is 1. The van der Waals surface area contributed by atoms with Gasteiger partial charge in [0.25, 0.3) is 0 Å². The second-order valence-electron chi connectivity index (χ2n) is 8.48. The number of nitrogens with zero attached hydrogens (tertiary/aromatic N) is 2. The molecule has 1 fully saturated rings. The minimum Gasteiger partial charge on any atom is -0.355 e. The molecule has 6 heteroatoms. The van der Waals surface area contributed by atoms with Gasteiger partial charge >= 0.3 is 0 Å². The molecule has 1 saturated heterocycles. The highest BCUT2D eigenvalue weighted by Crippen LogP contribution is 2.19. The van der Waals surface area contributed by atoms with Gasteiger partial charge in [0.15, 0.2) is 5.96 Å². The molecule has 0 aliphatic carbocycles. The van der Waals surface area contributed by atoms with Crippen LogP contribution in [0.3, 0.4) is 0 Å². The fourth-order valence-electron chi connectivity index (χ4n) is 3.31. The van der Waals surface area contributed by atoms with Crippen molar-refractivity contribution in [3.05, 3.63) is 29.8 Å². The van der Waals surface area contributed by atoms with Crippen LogP contribution in [0.2, 0.25) is 0 Å². The molecule has 1 aromatic rings. The highest BCUT2D eigenvalue weighted by molar-refractivity contribution is 5.92. The third-order valence-electron chi connectivity index (χ3n) is 5.33. The summed E-state index contributed by atoms with van der Waals surface area (Å²) in [5.41, 5.74) is 2.07. The van der Waals surface area contributed by atoms with E-state index in [2.05, 4.69) is 39.7 Å². The SMILES string of the molecule is CN=C(NCc1ccc(NC(=O)C(C)C)cc1)NCC(C)(C)N1CCCCC1. The first-order valence-electron chi connectivity index (χ1n) is 10.4. The van der Waals surface area contributed by atoms with Gasteiger partial charge in [-0.15, -0.1) is 0 Å². The van der Waals surface area contributed by atoms with Crippen molar-refractivity contribution in [1.29, 1.82) is 0 Å². The van der Waals surface area contributed by atoms with Crippen LogP contribution in [0.1, 0.15) is 52.5 Å². The summed E-state index contributed by atoms with van der Waals surface area (Å²) in [5.74, 6) is 0.819. The van der Waals surface area contributed by atoms with Gasteiger partial charge in [0.2, 0.25) is 5.91 Å². The van der Waals surface area contributed by atoms with Crippen LogP contribution in [0.15, 0.2) is 29.3 Å². The lowest BCUT2D eigenvalue weighted by Gasteiger charge is -2.41. The predicted molar refractivity (Wildman–Crippen MR) is 118 cm³/mol. The standard InChI is InChI=1S/C22H37N5O/c1-17(2)20(28)26-19-11-9-18(10-12-19)15-24-21(23-5)25-16-22(3,4)27-13-7-6-8-14-27/h9-12,17H,6-8,13-16H2,1-5H3,(H,26,28)(H2,23,24,25). The number of piperidine rings is 1. The van der Waals surface area contributed by atoms with Gasteiger partial charge in [-0.25, -0.2) is 0 Å². The Bertz CT molecular complexity index is 645. The van der Waals surface area contributed by atoms with Crippen molar-refractivity contribution in [2.24, 2.45) is 10.9 Å². The second kappa shape index (κ2) is 10.5. The van der Waals surface area contributed by atoms with Gasteiger partial charge in [-0.05, 0) is 57.5 Å². The van der Waals surface area contributed by atoms with Crippen molar-refractivity contribution >= 4 is 17.6 Å². The number of likely N-dealkylation sites (tertiary alicyclic amines) is 1. The number of rotatable bonds is 7. The van der Waals surface area contributed by atoms with Gasteiger partial charge in [-0.2, -0.15) is 0 Å². The minimum absolute atomic E-state index is 0.0232. The number of guanidine groups is 1. The number of nitrogens with one attached hydrogen (secondary N) is 3. The summed E-state index contributed by atoms with van der Waals surface area (Å²) in [6.45, 7) is 12.3. The molecule has 0 saturated carbocycles. The minimum atomic E-state index is -0.0232. The third kappa shape index (κ3) is 6.82. The Kier molecular flexibility index (Phi) is 8.30. The van der Waals surface area contributed by atoms with Gasteiger partial charge in [0, 0.05) is 37.3 Å². The van der Waals surface area contributed by atoms with Crippen molar-refractivity contribution in [3.63, 3.8) is 0 Å². The van der Waals surface area contributed by atoms with Crippen LogP contribution in [0.5, 0.6) is 0 Å². The number of benzene rings is 1. The van der Waals surface area contributed by atoms with E-state index in [1.165, 1.54) is 32.4 Å². The number of carbonyl (C=O) groups is 1. The smallest absolute Gasteiger partial charge is 0.226 e. The van der Waals surface area contributed by atoms with Crippen molar-refractivity contribution in [2.75, 3.05) is 32.0 Å². The monoisotopic (exact) mass is 387 g/mol. The van der Waals surface area contributed by atoms with Crippen LogP contribution >= 0.6 is 0 Å². The molecule has 1 heterocycles.